The molecule has 0 fully saturated rings. The van der Waals surface area contributed by atoms with Crippen molar-refractivity contribution in [2.45, 2.75) is 78.1 Å². The molecule has 0 spiro atoms. The SMILES string of the molecule is CCC(C)N(C(=O)C(Cc1ccccc1)NC(=O)OC(C)(C)C)C(C(=O)NCC(=O)OC)c1cccc(C)c1. The van der Waals surface area contributed by atoms with Crippen molar-refractivity contribution in [1.82, 2.24) is 15.5 Å². The first kappa shape index (κ1) is 31.3. The maximum absolute atomic E-state index is 14.3. The number of nitrogens with zero attached hydrogens (tertiary/aromatic N) is 1. The second-order valence-corrected chi connectivity index (χ2v) is 10.5. The van der Waals surface area contributed by atoms with Crippen molar-refractivity contribution >= 4 is 23.9 Å². The zero-order chi connectivity index (χ0) is 29.2. The maximum Gasteiger partial charge on any atom is 0.408 e. The predicted octanol–water partition coefficient (Wildman–Crippen LogP) is 4.09. The van der Waals surface area contributed by atoms with Crippen LogP contribution in [-0.4, -0.2) is 60.1 Å². The molecule has 3 atom stereocenters. The Labute approximate surface area is 231 Å². The van der Waals surface area contributed by atoms with Crippen LogP contribution in [0.25, 0.3) is 0 Å². The van der Waals surface area contributed by atoms with Gasteiger partial charge in [-0.25, -0.2) is 4.79 Å². The third kappa shape index (κ3) is 9.74. The lowest BCUT2D eigenvalue weighted by molar-refractivity contribution is -0.146. The van der Waals surface area contributed by atoms with Gasteiger partial charge in [-0.3, -0.25) is 14.4 Å². The van der Waals surface area contributed by atoms with Gasteiger partial charge >= 0.3 is 12.1 Å². The first-order valence-electron chi connectivity index (χ1n) is 13.1. The summed E-state index contributed by atoms with van der Waals surface area (Å²) in [5.74, 6) is -1.59. The lowest BCUT2D eigenvalue weighted by atomic mass is 9.97. The fourth-order valence-corrected chi connectivity index (χ4v) is 4.08. The van der Waals surface area contributed by atoms with E-state index < -0.39 is 41.6 Å². The van der Waals surface area contributed by atoms with Crippen molar-refractivity contribution in [2.75, 3.05) is 13.7 Å². The lowest BCUT2D eigenvalue weighted by Crippen LogP contribution is -2.56. The van der Waals surface area contributed by atoms with E-state index >= 15 is 0 Å². The van der Waals surface area contributed by atoms with Crippen LogP contribution in [0.5, 0.6) is 0 Å². The molecule has 2 aromatic carbocycles. The number of aryl methyl sites for hydroxylation is 1. The topological polar surface area (TPSA) is 114 Å². The molecule has 3 amide bonds. The molecule has 0 aliphatic heterocycles. The van der Waals surface area contributed by atoms with E-state index in [1.807, 2.05) is 69.3 Å². The maximum atomic E-state index is 14.3. The normalized spacial score (nSPS) is 13.4. The summed E-state index contributed by atoms with van der Waals surface area (Å²) in [4.78, 5) is 54.0. The summed E-state index contributed by atoms with van der Waals surface area (Å²) in [6.07, 6.45) is 0.00191. The number of hydrogen-bond donors (Lipinski definition) is 2. The van der Waals surface area contributed by atoms with Gasteiger partial charge in [0.1, 0.15) is 24.2 Å². The van der Waals surface area contributed by atoms with Gasteiger partial charge in [0.05, 0.1) is 7.11 Å². The van der Waals surface area contributed by atoms with Crippen LogP contribution in [0.3, 0.4) is 0 Å². The summed E-state index contributed by atoms with van der Waals surface area (Å²) in [7, 11) is 1.23. The van der Waals surface area contributed by atoms with E-state index in [2.05, 4.69) is 15.4 Å². The number of nitrogens with one attached hydrogen (secondary N) is 2. The van der Waals surface area contributed by atoms with Gasteiger partial charge in [0, 0.05) is 12.5 Å². The van der Waals surface area contributed by atoms with E-state index in [4.69, 9.17) is 4.74 Å². The molecule has 0 aliphatic rings. The number of benzene rings is 2. The number of rotatable bonds is 11. The molecule has 9 nitrogen and oxygen atoms in total. The van der Waals surface area contributed by atoms with E-state index in [-0.39, 0.29) is 19.0 Å². The molecule has 39 heavy (non-hydrogen) atoms. The van der Waals surface area contributed by atoms with E-state index in [1.165, 1.54) is 12.0 Å². The van der Waals surface area contributed by atoms with Crippen LogP contribution in [0, 0.1) is 6.92 Å². The van der Waals surface area contributed by atoms with Crippen LogP contribution in [0.15, 0.2) is 54.6 Å². The number of hydrogen-bond acceptors (Lipinski definition) is 6. The average molecular weight is 540 g/mol. The van der Waals surface area contributed by atoms with Crippen molar-refractivity contribution in [3.63, 3.8) is 0 Å². The Bertz CT molecular complexity index is 1130. The van der Waals surface area contributed by atoms with Gasteiger partial charge in [0.2, 0.25) is 11.8 Å². The van der Waals surface area contributed by atoms with Gasteiger partial charge in [0.25, 0.3) is 0 Å². The Morgan fingerprint density at radius 1 is 1.00 bits per heavy atom. The number of amides is 3. The number of alkyl carbamates (subject to hydrolysis) is 1. The Balaban J connectivity index is 2.56. The highest BCUT2D eigenvalue weighted by Crippen LogP contribution is 2.27. The standard InChI is InChI=1S/C30H41N3O6/c1-8-21(3)33(26(23-16-12-13-20(2)17-23)27(35)31-19-25(34)38-7)28(36)24(18-22-14-10-9-11-15-22)32-29(37)39-30(4,5)6/h9-17,21,24,26H,8,18-19H2,1-7H3,(H,31,35)(H,32,37). The number of ether oxygens (including phenoxy) is 2. The molecule has 0 radical (unpaired) electrons. The number of carbonyl (C=O) groups excluding carboxylic acids is 4. The van der Waals surface area contributed by atoms with Crippen LogP contribution in [0.4, 0.5) is 4.79 Å². The summed E-state index contributed by atoms with van der Waals surface area (Å²) in [6.45, 7) is 10.5. The van der Waals surface area contributed by atoms with E-state index in [1.54, 1.807) is 26.8 Å². The minimum absolute atomic E-state index is 0.191. The molecule has 2 aromatic rings. The first-order chi connectivity index (χ1) is 18.4. The van der Waals surface area contributed by atoms with Gasteiger partial charge < -0.3 is 25.0 Å². The molecular formula is C30H41N3O6. The Hall–Kier alpha value is -3.88. The quantitative estimate of drug-likeness (QED) is 0.416. The smallest absolute Gasteiger partial charge is 0.408 e. The van der Waals surface area contributed by atoms with Crippen molar-refractivity contribution < 1.29 is 28.7 Å². The van der Waals surface area contributed by atoms with E-state index in [0.717, 1.165) is 11.1 Å². The molecule has 0 saturated carbocycles. The Kier molecular flexibility index (Phi) is 11.5. The first-order valence-corrected chi connectivity index (χ1v) is 13.1. The van der Waals surface area contributed by atoms with Crippen molar-refractivity contribution in [3.05, 3.63) is 71.3 Å². The Morgan fingerprint density at radius 2 is 1.67 bits per heavy atom. The predicted molar refractivity (Wildman–Crippen MR) is 149 cm³/mol. The lowest BCUT2D eigenvalue weighted by Gasteiger charge is -2.38. The minimum Gasteiger partial charge on any atom is -0.468 e. The van der Waals surface area contributed by atoms with Crippen LogP contribution in [0.2, 0.25) is 0 Å². The van der Waals surface area contributed by atoms with Gasteiger partial charge in [-0.1, -0.05) is 67.1 Å². The number of carbonyl (C=O) groups is 4. The zero-order valence-electron chi connectivity index (χ0n) is 23.9. The van der Waals surface area contributed by atoms with Crippen LogP contribution >= 0.6 is 0 Å². The fourth-order valence-electron chi connectivity index (χ4n) is 4.08. The van der Waals surface area contributed by atoms with Gasteiger partial charge in [-0.2, -0.15) is 0 Å². The van der Waals surface area contributed by atoms with Crippen molar-refractivity contribution in [2.24, 2.45) is 0 Å². The van der Waals surface area contributed by atoms with Gasteiger partial charge in [-0.05, 0) is 52.2 Å². The third-order valence-electron chi connectivity index (χ3n) is 6.11. The summed E-state index contributed by atoms with van der Waals surface area (Å²) in [6, 6.07) is 14.2. The summed E-state index contributed by atoms with van der Waals surface area (Å²) < 4.78 is 10.1. The minimum atomic E-state index is -1.06. The fraction of sp³-hybridized carbons (Fsp3) is 0.467. The molecule has 0 bridgehead atoms. The Morgan fingerprint density at radius 3 is 2.23 bits per heavy atom. The molecule has 0 saturated heterocycles. The molecular weight excluding hydrogens is 498 g/mol. The second-order valence-electron chi connectivity index (χ2n) is 10.5. The monoisotopic (exact) mass is 539 g/mol. The van der Waals surface area contributed by atoms with Crippen LogP contribution in [0.1, 0.15) is 63.8 Å². The summed E-state index contributed by atoms with van der Waals surface area (Å²) >= 11 is 0. The summed E-state index contributed by atoms with van der Waals surface area (Å²) in [5, 5.41) is 5.35. The number of esters is 1. The second kappa shape index (κ2) is 14.3. The highest BCUT2D eigenvalue weighted by atomic mass is 16.6. The molecule has 0 aliphatic carbocycles. The van der Waals surface area contributed by atoms with Crippen LogP contribution in [-0.2, 0) is 30.3 Å². The largest absolute Gasteiger partial charge is 0.468 e. The van der Waals surface area contributed by atoms with Gasteiger partial charge in [0.15, 0.2) is 0 Å². The molecule has 2 N–H and O–H groups in total. The molecule has 9 heteroatoms. The van der Waals surface area contributed by atoms with E-state index in [0.29, 0.717) is 12.0 Å². The third-order valence-corrected chi connectivity index (χ3v) is 6.11. The molecule has 212 valence electrons. The highest BCUT2D eigenvalue weighted by molar-refractivity contribution is 5.93. The van der Waals surface area contributed by atoms with E-state index in [9.17, 15) is 19.2 Å². The molecule has 0 aromatic heterocycles. The number of methoxy groups -OCH3 is 1. The zero-order valence-corrected chi connectivity index (χ0v) is 23.9. The van der Waals surface area contributed by atoms with Crippen LogP contribution < -0.4 is 10.6 Å². The average Bonchev–Trinajstić information content (AvgIpc) is 2.88. The summed E-state index contributed by atoms with van der Waals surface area (Å²) in [5.41, 5.74) is 1.56. The molecule has 3 unspecified atom stereocenters. The van der Waals surface area contributed by atoms with Crippen molar-refractivity contribution in [3.8, 4) is 0 Å². The molecule has 0 heterocycles. The molecule has 2 rings (SSSR count). The highest BCUT2D eigenvalue weighted by Gasteiger charge is 2.38. The van der Waals surface area contributed by atoms with Gasteiger partial charge in [-0.15, -0.1) is 0 Å². The van der Waals surface area contributed by atoms with Crippen molar-refractivity contribution in [1.29, 1.82) is 0 Å².